The third-order valence-electron chi connectivity index (χ3n) is 2.54. The van der Waals surface area contributed by atoms with E-state index in [0.29, 0.717) is 19.4 Å². The Morgan fingerprint density at radius 2 is 2.05 bits per heavy atom. The van der Waals surface area contributed by atoms with E-state index in [2.05, 4.69) is 5.32 Å². The molecule has 0 aliphatic heterocycles. The molecule has 0 atom stereocenters. The Labute approximate surface area is 120 Å². The van der Waals surface area contributed by atoms with Gasteiger partial charge >= 0.3 is 0 Å². The number of carbonyl (C=O) groups is 2. The number of hydrogen-bond donors (Lipinski definition) is 2. The van der Waals surface area contributed by atoms with Gasteiger partial charge in [0.25, 0.3) is 11.6 Å². The van der Waals surface area contributed by atoms with Crippen LogP contribution in [0.4, 0.5) is 5.69 Å². The van der Waals surface area contributed by atoms with Gasteiger partial charge in [0, 0.05) is 25.1 Å². The van der Waals surface area contributed by atoms with Crippen LogP contribution < -0.4 is 11.1 Å². The fourth-order valence-corrected chi connectivity index (χ4v) is 1.78. The molecule has 3 N–H and O–H groups in total. The van der Waals surface area contributed by atoms with Gasteiger partial charge in [-0.15, -0.1) is 0 Å². The zero-order valence-electron chi connectivity index (χ0n) is 10.6. The summed E-state index contributed by atoms with van der Waals surface area (Å²) in [5, 5.41) is 13.2. The Morgan fingerprint density at radius 3 is 2.60 bits per heavy atom. The summed E-state index contributed by atoms with van der Waals surface area (Å²) in [5.74, 6) is -0.793. The van der Waals surface area contributed by atoms with Gasteiger partial charge in [-0.05, 0) is 18.9 Å². The summed E-state index contributed by atoms with van der Waals surface area (Å²) in [4.78, 5) is 32.3. The van der Waals surface area contributed by atoms with Gasteiger partial charge in [-0.1, -0.05) is 11.6 Å². The molecule has 0 fully saturated rings. The van der Waals surface area contributed by atoms with Crippen molar-refractivity contribution in [2.45, 2.75) is 19.3 Å². The summed E-state index contributed by atoms with van der Waals surface area (Å²) in [5.41, 5.74) is 4.99. The lowest BCUT2D eigenvalue weighted by molar-refractivity contribution is -0.384. The van der Waals surface area contributed by atoms with Gasteiger partial charge in [-0.2, -0.15) is 0 Å². The number of benzene rings is 1. The lowest BCUT2D eigenvalue weighted by Gasteiger charge is -2.06. The number of hydrogen-bond acceptors (Lipinski definition) is 4. The highest BCUT2D eigenvalue weighted by atomic mass is 35.5. The highest BCUT2D eigenvalue weighted by Gasteiger charge is 2.14. The molecule has 1 aromatic rings. The summed E-state index contributed by atoms with van der Waals surface area (Å²) in [6, 6.07) is 3.65. The fraction of sp³-hybridized carbons (Fsp3) is 0.333. The van der Waals surface area contributed by atoms with E-state index >= 15 is 0 Å². The zero-order valence-corrected chi connectivity index (χ0v) is 11.4. The summed E-state index contributed by atoms with van der Waals surface area (Å²) in [6.45, 7) is 0.374. The topological polar surface area (TPSA) is 115 Å². The SMILES string of the molecule is NC(=O)CCCCNC(=O)c1ccc([N+](=O)[O-])cc1Cl. The number of amides is 2. The third kappa shape index (κ3) is 4.85. The second-order valence-corrected chi connectivity index (χ2v) is 4.51. The van der Waals surface area contributed by atoms with Crippen LogP contribution in [0.2, 0.25) is 5.02 Å². The smallest absolute Gasteiger partial charge is 0.270 e. The van der Waals surface area contributed by atoms with Crippen molar-refractivity contribution in [2.75, 3.05) is 6.54 Å². The average molecular weight is 300 g/mol. The molecule has 7 nitrogen and oxygen atoms in total. The van der Waals surface area contributed by atoms with Crippen LogP contribution >= 0.6 is 11.6 Å². The van der Waals surface area contributed by atoms with Crippen LogP contribution in [0, 0.1) is 10.1 Å². The van der Waals surface area contributed by atoms with Gasteiger partial charge in [0.15, 0.2) is 0 Å². The molecule has 0 heterocycles. The number of nitrogens with zero attached hydrogens (tertiary/aromatic N) is 1. The quantitative estimate of drug-likeness (QED) is 0.452. The van der Waals surface area contributed by atoms with Gasteiger partial charge in [0.1, 0.15) is 0 Å². The summed E-state index contributed by atoms with van der Waals surface area (Å²) in [6.07, 6.45) is 1.47. The normalized spacial score (nSPS) is 10.1. The molecule has 20 heavy (non-hydrogen) atoms. The van der Waals surface area contributed by atoms with Crippen molar-refractivity contribution in [2.24, 2.45) is 5.73 Å². The van der Waals surface area contributed by atoms with Crippen molar-refractivity contribution in [3.05, 3.63) is 38.9 Å². The number of unbranched alkanes of at least 4 members (excludes halogenated alkanes) is 1. The minimum absolute atomic E-state index is 0.0221. The maximum absolute atomic E-state index is 11.8. The molecular weight excluding hydrogens is 286 g/mol. The number of nitrogens with two attached hydrogens (primary N) is 1. The van der Waals surface area contributed by atoms with Crippen LogP contribution in [-0.2, 0) is 4.79 Å². The Kier molecular flexibility index (Phi) is 5.92. The van der Waals surface area contributed by atoms with Crippen molar-refractivity contribution in [3.8, 4) is 0 Å². The van der Waals surface area contributed by atoms with E-state index in [0.717, 1.165) is 6.07 Å². The van der Waals surface area contributed by atoms with E-state index in [9.17, 15) is 19.7 Å². The van der Waals surface area contributed by atoms with Crippen molar-refractivity contribution in [1.82, 2.24) is 5.32 Å². The van der Waals surface area contributed by atoms with E-state index in [4.69, 9.17) is 17.3 Å². The number of nitro groups is 1. The van der Waals surface area contributed by atoms with Crippen LogP contribution in [-0.4, -0.2) is 23.3 Å². The van der Waals surface area contributed by atoms with Crippen LogP contribution in [0.25, 0.3) is 0 Å². The Hall–Kier alpha value is -2.15. The Bertz CT molecular complexity index is 533. The molecule has 1 rings (SSSR count). The number of nitrogens with one attached hydrogen (secondary N) is 1. The van der Waals surface area contributed by atoms with Crippen molar-refractivity contribution >= 4 is 29.1 Å². The van der Waals surface area contributed by atoms with Gasteiger partial charge < -0.3 is 11.1 Å². The predicted molar refractivity (Wildman–Crippen MR) is 73.5 cm³/mol. The molecule has 0 bridgehead atoms. The average Bonchev–Trinajstić information content (AvgIpc) is 2.37. The number of halogens is 1. The lowest BCUT2D eigenvalue weighted by Crippen LogP contribution is -2.25. The maximum Gasteiger partial charge on any atom is 0.270 e. The van der Waals surface area contributed by atoms with Crippen LogP contribution in [0.1, 0.15) is 29.6 Å². The highest BCUT2D eigenvalue weighted by Crippen LogP contribution is 2.22. The van der Waals surface area contributed by atoms with E-state index in [1.165, 1.54) is 12.1 Å². The molecule has 2 amide bonds. The van der Waals surface area contributed by atoms with Gasteiger partial charge in [0.05, 0.1) is 15.5 Å². The summed E-state index contributed by atoms with van der Waals surface area (Å²) in [7, 11) is 0. The third-order valence-corrected chi connectivity index (χ3v) is 2.86. The molecule has 8 heteroatoms. The standard InChI is InChI=1S/C12H14ClN3O4/c13-10-7-8(16(19)20)4-5-9(10)12(18)15-6-2-1-3-11(14)17/h4-5,7H,1-3,6H2,(H2,14,17)(H,15,18). The van der Waals surface area contributed by atoms with Crippen molar-refractivity contribution in [1.29, 1.82) is 0 Å². The first-order valence-electron chi connectivity index (χ1n) is 5.92. The zero-order chi connectivity index (χ0) is 15.1. The van der Waals surface area contributed by atoms with E-state index < -0.39 is 10.8 Å². The Balaban J connectivity index is 2.51. The molecule has 0 radical (unpaired) electrons. The lowest BCUT2D eigenvalue weighted by atomic mass is 10.2. The largest absolute Gasteiger partial charge is 0.370 e. The Morgan fingerprint density at radius 1 is 1.35 bits per heavy atom. The van der Waals surface area contributed by atoms with Crippen molar-refractivity contribution in [3.63, 3.8) is 0 Å². The first kappa shape index (κ1) is 15.9. The number of carbonyl (C=O) groups excluding carboxylic acids is 2. The molecular formula is C12H14ClN3O4. The van der Waals surface area contributed by atoms with Crippen LogP contribution in [0.5, 0.6) is 0 Å². The molecule has 0 aliphatic carbocycles. The second kappa shape index (κ2) is 7.44. The van der Waals surface area contributed by atoms with Crippen LogP contribution in [0.15, 0.2) is 18.2 Å². The molecule has 0 saturated heterocycles. The van der Waals surface area contributed by atoms with E-state index in [1.807, 2.05) is 0 Å². The fourth-order valence-electron chi connectivity index (χ4n) is 1.52. The molecule has 1 aromatic carbocycles. The van der Waals surface area contributed by atoms with E-state index in [1.54, 1.807) is 0 Å². The van der Waals surface area contributed by atoms with Crippen LogP contribution in [0.3, 0.4) is 0 Å². The molecule has 108 valence electrons. The minimum atomic E-state index is -0.586. The van der Waals surface area contributed by atoms with Gasteiger partial charge in [-0.3, -0.25) is 19.7 Å². The highest BCUT2D eigenvalue weighted by molar-refractivity contribution is 6.34. The van der Waals surface area contributed by atoms with Gasteiger partial charge in [-0.25, -0.2) is 0 Å². The molecule has 0 aliphatic rings. The molecule has 0 aromatic heterocycles. The maximum atomic E-state index is 11.8. The van der Waals surface area contributed by atoms with Crippen molar-refractivity contribution < 1.29 is 14.5 Å². The second-order valence-electron chi connectivity index (χ2n) is 4.10. The first-order chi connectivity index (χ1) is 9.41. The molecule has 0 saturated carbocycles. The molecule has 0 spiro atoms. The monoisotopic (exact) mass is 299 g/mol. The number of non-ortho nitro benzene ring substituents is 1. The first-order valence-corrected chi connectivity index (χ1v) is 6.30. The summed E-state index contributed by atoms with van der Waals surface area (Å²) >= 11 is 5.82. The molecule has 0 unspecified atom stereocenters. The predicted octanol–water partition coefficient (Wildman–Crippen LogP) is 1.63. The number of nitro benzene ring substituents is 1. The van der Waals surface area contributed by atoms with Gasteiger partial charge in [0.2, 0.25) is 5.91 Å². The van der Waals surface area contributed by atoms with E-state index in [-0.39, 0.29) is 28.6 Å². The summed E-state index contributed by atoms with van der Waals surface area (Å²) < 4.78 is 0. The number of primary amides is 1. The minimum Gasteiger partial charge on any atom is -0.370 e. The number of rotatable bonds is 7.